The molecule has 0 spiro atoms. The summed E-state index contributed by atoms with van der Waals surface area (Å²) in [4.78, 5) is 92.9. The smallest absolute Gasteiger partial charge is 0.338 e. The van der Waals surface area contributed by atoms with Crippen molar-refractivity contribution in [2.24, 2.45) is 20.0 Å². The van der Waals surface area contributed by atoms with E-state index in [0.717, 1.165) is 93.3 Å². The van der Waals surface area contributed by atoms with Crippen LogP contribution >= 0.6 is 45.3 Å². The van der Waals surface area contributed by atoms with Crippen LogP contribution in [0.3, 0.4) is 0 Å². The zero-order valence-corrected chi connectivity index (χ0v) is 77.7. The number of ether oxygens (including phenoxy) is 4. The number of benzene rings is 4. The molecule has 13 heterocycles. The fourth-order valence-electron chi connectivity index (χ4n) is 16.2. The van der Waals surface area contributed by atoms with E-state index in [1.54, 1.807) is 53.5 Å². The lowest BCUT2D eigenvalue weighted by atomic mass is 9.94. The van der Waals surface area contributed by atoms with Gasteiger partial charge in [0, 0.05) is 208 Å². The number of hydrogen-bond donors (Lipinski definition) is 5. The SMILES string of the molecule is CNS(=O)(=O)N[C@H]1CC2=C(C(=O)OC)[C@H](c3ccc(F)c(F)c3F)N=C(c3nccs3)N2C1.COC(=O)C1=C2C[C@H](NS(=O)(=O)N(C)C)CN2C(c2nccs2)=N[C@H]1c1ccc(F)c(F)c1F.COC(=O)C1=C2C[C@H](NS(=O)(=O)N3CCCC3)CN2C(c2nccs2)=N[C@H]1c1ccc(F)c(F)c1F.COC(=O)C1=C2C[C@H](NS(C)(=O)=O)CN2C(c2nccs2)=N[C@H]1c1ccc(F)cc1F. The van der Waals surface area contributed by atoms with Crippen molar-refractivity contribution in [1.82, 2.24) is 71.8 Å². The number of carbonyl (C=O) groups is 4. The third-order valence-corrected chi connectivity index (χ3v) is 30.3. The summed E-state index contributed by atoms with van der Waals surface area (Å²) >= 11 is 4.98. The first-order valence-electron chi connectivity index (χ1n) is 39.9. The highest BCUT2D eigenvalue weighted by molar-refractivity contribution is 7.88. The van der Waals surface area contributed by atoms with E-state index in [0.29, 0.717) is 61.7 Å². The lowest BCUT2D eigenvalue weighted by Gasteiger charge is -2.31. The average Bonchev–Trinajstić information content (AvgIpc) is 1.58. The molecule has 5 fully saturated rings. The number of nitrogens with one attached hydrogen (secondary N) is 5. The van der Waals surface area contributed by atoms with E-state index in [1.165, 1.54) is 96.4 Å². The molecule has 8 aromatic rings. The van der Waals surface area contributed by atoms with Gasteiger partial charge in [0.1, 0.15) is 35.8 Å². The van der Waals surface area contributed by atoms with Crippen LogP contribution in [-0.2, 0) is 78.8 Å². The van der Waals surface area contributed by atoms with E-state index in [1.807, 2.05) is 0 Å². The van der Waals surface area contributed by atoms with Crippen LogP contribution in [0, 0.1) is 64.0 Å². The number of esters is 4. The largest absolute Gasteiger partial charge is 0.466 e. The number of halogens is 11. The predicted octanol–water partition coefficient (Wildman–Crippen LogP) is 8.04. The summed E-state index contributed by atoms with van der Waals surface area (Å²) in [7, 11) is -6.34. The van der Waals surface area contributed by atoms with Gasteiger partial charge in [-0.2, -0.15) is 48.0 Å². The molecule has 8 atom stereocenters. The second kappa shape index (κ2) is 40.4. The Hall–Kier alpha value is -11.1. The van der Waals surface area contributed by atoms with Crippen LogP contribution < -0.4 is 23.6 Å². The highest BCUT2D eigenvalue weighted by Crippen LogP contribution is 2.48. The second-order valence-corrected chi connectivity index (χ2v) is 41.2. The first-order valence-corrected chi connectivity index (χ1v) is 49.6. The van der Waals surface area contributed by atoms with Crippen LogP contribution in [0.15, 0.2) is 166 Å². The zero-order chi connectivity index (χ0) is 96.6. The number of thiazole rings is 4. The lowest BCUT2D eigenvalue weighted by molar-refractivity contribution is -0.137. The first kappa shape index (κ1) is 98.9. The number of rotatable bonds is 23. The van der Waals surface area contributed by atoms with Crippen molar-refractivity contribution in [2.45, 2.75) is 86.9 Å². The summed E-state index contributed by atoms with van der Waals surface area (Å²) in [5.41, 5.74) is 0.177. The number of sulfonamides is 1. The van der Waals surface area contributed by atoms with Gasteiger partial charge in [-0.1, -0.05) is 24.3 Å². The minimum Gasteiger partial charge on any atom is -0.466 e. The van der Waals surface area contributed by atoms with Crippen LogP contribution in [-0.4, -0.2) is 248 Å². The third kappa shape index (κ3) is 20.5. The Bertz CT molecular complexity index is 6690. The van der Waals surface area contributed by atoms with Gasteiger partial charge in [-0.3, -0.25) is 20.0 Å². The molecule has 9 aliphatic heterocycles. The Morgan fingerprint density at radius 1 is 0.403 bits per heavy atom. The van der Waals surface area contributed by atoms with Gasteiger partial charge in [-0.25, -0.2) is 105 Å². The Kier molecular flexibility index (Phi) is 29.8. The summed E-state index contributed by atoms with van der Waals surface area (Å²) in [5, 5.41) is 8.61. The number of aliphatic imine (C=N–C) groups is 4. The summed E-state index contributed by atoms with van der Waals surface area (Å²) in [6.07, 6.45) is 9.09. The number of carbonyl (C=O) groups excluding carboxylic acids is 4. The van der Waals surface area contributed by atoms with Gasteiger partial charge in [0.15, 0.2) is 95.7 Å². The summed E-state index contributed by atoms with van der Waals surface area (Å²) in [6.45, 7) is 1.39. The van der Waals surface area contributed by atoms with Crippen LogP contribution in [0.25, 0.3) is 0 Å². The number of amidine groups is 4. The highest BCUT2D eigenvalue weighted by atomic mass is 32.2. The molecular weight excluding hydrogens is 1950 g/mol. The molecule has 5 saturated heterocycles. The molecule has 714 valence electrons. The number of hydrogen-bond acceptors (Lipinski definition) is 32. The number of nitrogens with zero attached hydrogens (tertiary/aromatic N) is 14. The standard InChI is InChI=1S/C22H22F3N5O4S2.C20H20F3N5O4S2.C19H18F3N5O4S2.C19H18F2N4O4S2/c1-34-22(31)16-15-10-12(28-36(32,33)29-7-2-3-8-29)11-30(15)20(21-26-6-9-35-21)27-19(16)13-4-5-14(23)18(25)17(13)24;1-27(2)34(30,31)26-10-8-13-14(20(29)32-3)17(11-4-5-12(21)16(23)15(11)22)25-18(28(13)9-10)19-24-6-7-33-19;1-23-33(29,30)26-9-7-12-13(19(28)31-2)16(10-3-4-11(20)15(22)14(10)21)25-17(27(12)8-9)18-24-5-6-32-18;1-29-19(26)15-14-8-11(24-31(2,27)28)9-25(14)17(18-22-5-6-30-18)23-16(15)12-4-3-10(20)7-13(12)21/h4-6,9,12,19,28H,2-3,7-8,10-11H2,1H3;4-7,10,17,26H,8-9H2,1-3H3;3-6,9,16,23,26H,7-8H2,1-2H3;3-7,11,16,24H,8-9H2,1-2H3/t12-,19-;10-,17-;9-,16-;11-,16-/m0000/s1. The van der Waals surface area contributed by atoms with Gasteiger partial charge in [0.25, 0.3) is 30.6 Å². The molecule has 0 aliphatic carbocycles. The van der Waals surface area contributed by atoms with E-state index >= 15 is 0 Å². The quantitative estimate of drug-likeness (QED) is 0.0175. The average molecular weight is 2030 g/mol. The second-order valence-electron chi connectivity index (χ2n) is 30.5. The Morgan fingerprint density at radius 3 is 0.985 bits per heavy atom. The van der Waals surface area contributed by atoms with Crippen molar-refractivity contribution >= 4 is 133 Å². The van der Waals surface area contributed by atoms with E-state index in [9.17, 15) is 101 Å². The molecule has 134 heavy (non-hydrogen) atoms. The van der Waals surface area contributed by atoms with E-state index in [2.05, 4.69) is 63.5 Å². The highest BCUT2D eigenvalue weighted by Gasteiger charge is 2.50. The van der Waals surface area contributed by atoms with Crippen molar-refractivity contribution in [2.75, 3.05) is 95.1 Å². The Morgan fingerprint density at radius 2 is 0.701 bits per heavy atom. The molecule has 35 nitrogen and oxygen atoms in total. The van der Waals surface area contributed by atoms with Crippen LogP contribution in [0.5, 0.6) is 0 Å². The van der Waals surface area contributed by atoms with E-state index in [4.69, 9.17) is 18.9 Å². The van der Waals surface area contributed by atoms with Gasteiger partial charge < -0.3 is 38.5 Å². The maximum absolute atomic E-state index is 14.9. The van der Waals surface area contributed by atoms with Crippen molar-refractivity contribution in [3.05, 3.63) is 252 Å². The maximum Gasteiger partial charge on any atom is 0.338 e. The van der Waals surface area contributed by atoms with Crippen molar-refractivity contribution in [1.29, 1.82) is 0 Å². The zero-order valence-electron chi connectivity index (χ0n) is 71.1. The molecule has 0 bridgehead atoms. The van der Waals surface area contributed by atoms with Crippen molar-refractivity contribution in [3.63, 3.8) is 0 Å². The van der Waals surface area contributed by atoms with Gasteiger partial charge in [0.2, 0.25) is 10.0 Å². The fourth-order valence-corrected chi connectivity index (χ4v) is 22.5. The summed E-state index contributed by atoms with van der Waals surface area (Å²) in [5.74, 6) is -17.4. The topological polar surface area (TPSA) is 422 Å². The Balaban J connectivity index is 0.000000144. The van der Waals surface area contributed by atoms with Gasteiger partial charge in [0.05, 0.1) is 57.0 Å². The molecule has 0 amide bonds. The van der Waals surface area contributed by atoms with Crippen LogP contribution in [0.1, 0.15) is 105 Å². The monoisotopic (exact) mass is 2030 g/mol. The number of methoxy groups -OCH3 is 4. The molecular formula is C80H78F11N19O16S8. The molecule has 4 aromatic heterocycles. The summed E-state index contributed by atoms with van der Waals surface area (Å²) in [6, 6.07) is 0.676. The number of fused-ring (bicyclic) bond motifs is 4. The van der Waals surface area contributed by atoms with Crippen molar-refractivity contribution in [3.8, 4) is 0 Å². The van der Waals surface area contributed by atoms with Crippen LogP contribution in [0.4, 0.5) is 48.3 Å². The molecule has 9 aliphatic rings. The normalized spacial score (nSPS) is 21.3. The number of aromatic nitrogens is 4. The molecule has 4 aromatic carbocycles. The van der Waals surface area contributed by atoms with Gasteiger partial charge in [-0.15, -0.1) is 45.3 Å². The van der Waals surface area contributed by atoms with Gasteiger partial charge >= 0.3 is 23.9 Å². The molecule has 0 unspecified atom stereocenters. The molecule has 5 N–H and O–H groups in total. The maximum atomic E-state index is 14.9. The van der Waals surface area contributed by atoms with Crippen LogP contribution in [0.2, 0.25) is 0 Å². The van der Waals surface area contributed by atoms with E-state index < -0.39 is 177 Å². The molecule has 54 heteroatoms. The first-order chi connectivity index (χ1) is 63.6. The van der Waals surface area contributed by atoms with Gasteiger partial charge in [-0.05, 0) is 37.1 Å². The predicted molar refractivity (Wildman–Crippen MR) is 465 cm³/mol. The molecule has 0 radical (unpaired) electrons. The summed E-state index contributed by atoms with van der Waals surface area (Å²) < 4.78 is 288. The van der Waals surface area contributed by atoms with Crippen molar-refractivity contribution < 1.29 is 120 Å². The lowest BCUT2D eigenvalue weighted by Crippen LogP contribution is -2.45. The third-order valence-electron chi connectivity index (χ3n) is 22.0. The molecule has 17 rings (SSSR count). The minimum absolute atomic E-state index is 0.00234. The Labute approximate surface area is 774 Å². The van der Waals surface area contributed by atoms with E-state index in [-0.39, 0.29) is 114 Å². The fraction of sp³-hybridized carbons (Fsp3) is 0.350. The molecule has 0 saturated carbocycles. The minimum atomic E-state index is -3.81.